The van der Waals surface area contributed by atoms with Gasteiger partial charge in [-0.2, -0.15) is 0 Å². The van der Waals surface area contributed by atoms with Crippen LogP contribution in [-0.4, -0.2) is 26.5 Å². The largest absolute Gasteiger partial charge is 0.360 e. The summed E-state index contributed by atoms with van der Waals surface area (Å²) in [6.07, 6.45) is 2.59. The highest BCUT2D eigenvalue weighted by Gasteiger charge is 2.28. The minimum Gasteiger partial charge on any atom is -0.360 e. The van der Waals surface area contributed by atoms with Crippen molar-refractivity contribution in [1.29, 1.82) is 0 Å². The molecule has 0 unspecified atom stereocenters. The van der Waals surface area contributed by atoms with Crippen LogP contribution in [0.5, 0.6) is 0 Å². The second-order valence-electron chi connectivity index (χ2n) is 7.34. The van der Waals surface area contributed by atoms with Crippen molar-refractivity contribution in [2.24, 2.45) is 0 Å². The van der Waals surface area contributed by atoms with Crippen LogP contribution in [-0.2, 0) is 13.0 Å². The van der Waals surface area contributed by atoms with Gasteiger partial charge in [0.15, 0.2) is 17.3 Å². The average Bonchev–Trinajstić information content (AvgIpc) is 3.28. The second-order valence-corrected chi connectivity index (χ2v) is 7.34. The molecule has 0 atom stereocenters. The quantitative estimate of drug-likeness (QED) is 0.705. The fourth-order valence-electron chi connectivity index (χ4n) is 3.68. The molecule has 2 amide bonds. The fraction of sp³-hybridized carbons (Fsp3) is 0.333. The molecule has 3 aromatic rings. The van der Waals surface area contributed by atoms with Gasteiger partial charge in [0.25, 0.3) is 11.8 Å². The number of fused-ring (bicyclic) bond motifs is 1. The lowest BCUT2D eigenvalue weighted by Crippen LogP contribution is -2.22. The fourth-order valence-corrected chi connectivity index (χ4v) is 3.68. The summed E-state index contributed by atoms with van der Waals surface area (Å²) in [5.41, 5.74) is 3.76. The van der Waals surface area contributed by atoms with E-state index in [1.54, 1.807) is 13.0 Å². The molecule has 0 fully saturated rings. The molecule has 0 bridgehead atoms. The number of aryl methyl sites for hydroxylation is 3. The van der Waals surface area contributed by atoms with Crippen LogP contribution >= 0.6 is 0 Å². The zero-order valence-corrected chi connectivity index (χ0v) is 16.7. The molecule has 0 saturated carbocycles. The molecule has 8 nitrogen and oxygen atoms in total. The lowest BCUT2D eigenvalue weighted by Gasteiger charge is -2.17. The van der Waals surface area contributed by atoms with E-state index in [1.165, 1.54) is 0 Å². The van der Waals surface area contributed by atoms with Crippen molar-refractivity contribution in [2.75, 3.05) is 10.6 Å². The minimum absolute atomic E-state index is 0.254. The molecular weight excluding hydrogens is 370 g/mol. The number of nitrogens with one attached hydrogen (secondary N) is 2. The van der Waals surface area contributed by atoms with E-state index in [1.807, 2.05) is 36.6 Å². The Morgan fingerprint density at radius 3 is 2.52 bits per heavy atom. The Labute approximate surface area is 168 Å². The number of anilines is 2. The van der Waals surface area contributed by atoms with Gasteiger partial charge >= 0.3 is 0 Å². The van der Waals surface area contributed by atoms with Crippen LogP contribution in [0, 0.1) is 20.8 Å². The number of amides is 2. The summed E-state index contributed by atoms with van der Waals surface area (Å²) < 4.78 is 6.85. The molecule has 3 heterocycles. The van der Waals surface area contributed by atoms with Crippen LogP contribution in [0.3, 0.4) is 0 Å². The van der Waals surface area contributed by atoms with Gasteiger partial charge in [0.1, 0.15) is 5.76 Å². The molecule has 0 radical (unpaired) electrons. The van der Waals surface area contributed by atoms with E-state index < -0.39 is 5.91 Å². The third-order valence-corrected chi connectivity index (χ3v) is 5.13. The number of rotatable bonds is 4. The summed E-state index contributed by atoms with van der Waals surface area (Å²) in [6, 6.07) is 7.48. The lowest BCUT2D eigenvalue weighted by atomic mass is 10.1. The van der Waals surface area contributed by atoms with Gasteiger partial charge in [0, 0.05) is 18.3 Å². The van der Waals surface area contributed by atoms with E-state index in [9.17, 15) is 9.59 Å². The third-order valence-electron chi connectivity index (χ3n) is 5.13. The predicted octanol–water partition coefficient (Wildman–Crippen LogP) is 3.64. The van der Waals surface area contributed by atoms with Crippen molar-refractivity contribution < 1.29 is 14.1 Å². The lowest BCUT2D eigenvalue weighted by molar-refractivity contribution is 0.101. The first-order valence-corrected chi connectivity index (χ1v) is 9.65. The van der Waals surface area contributed by atoms with Gasteiger partial charge in [0.05, 0.1) is 5.69 Å². The Bertz CT molecular complexity index is 1080. The molecule has 0 saturated heterocycles. The Morgan fingerprint density at radius 2 is 1.83 bits per heavy atom. The van der Waals surface area contributed by atoms with Crippen LogP contribution in [0.25, 0.3) is 0 Å². The topological polar surface area (TPSA) is 102 Å². The molecule has 150 valence electrons. The Kier molecular flexibility index (Phi) is 4.92. The molecular formula is C21H23N5O3. The average molecular weight is 393 g/mol. The maximum Gasteiger partial charge on any atom is 0.291 e. The van der Waals surface area contributed by atoms with Crippen molar-refractivity contribution in [1.82, 2.24) is 14.7 Å². The van der Waals surface area contributed by atoms with E-state index in [4.69, 9.17) is 4.52 Å². The van der Waals surface area contributed by atoms with E-state index in [-0.39, 0.29) is 17.4 Å². The summed E-state index contributed by atoms with van der Waals surface area (Å²) in [5, 5.41) is 9.46. The highest BCUT2D eigenvalue weighted by Crippen LogP contribution is 2.24. The SMILES string of the molecule is Cc1cc(NC(=O)c2nc(C(=O)Nc3c(C)cccc3C)n3c2CCCC3)no1. The number of benzene rings is 1. The molecule has 1 aliphatic rings. The predicted molar refractivity (Wildman–Crippen MR) is 108 cm³/mol. The molecule has 0 spiro atoms. The summed E-state index contributed by atoms with van der Waals surface area (Å²) in [4.78, 5) is 30.3. The van der Waals surface area contributed by atoms with Gasteiger partial charge in [-0.15, -0.1) is 0 Å². The van der Waals surface area contributed by atoms with E-state index >= 15 is 0 Å². The van der Waals surface area contributed by atoms with Crippen molar-refractivity contribution >= 4 is 23.3 Å². The molecule has 29 heavy (non-hydrogen) atoms. The standard InChI is InChI=1S/C21H23N5O3/c1-12-7-6-8-13(2)17(12)24-21(28)19-23-18(15-9-4-5-10-26(15)19)20(27)22-16-11-14(3)29-25-16/h6-8,11H,4-5,9-10H2,1-3H3,(H,24,28)(H,22,25,27). The summed E-state index contributed by atoms with van der Waals surface area (Å²) >= 11 is 0. The zero-order valence-electron chi connectivity index (χ0n) is 16.7. The van der Waals surface area contributed by atoms with Gasteiger partial charge in [-0.3, -0.25) is 9.59 Å². The normalized spacial score (nSPS) is 13.1. The first-order chi connectivity index (χ1) is 13.9. The number of imidazole rings is 1. The van der Waals surface area contributed by atoms with Crippen molar-refractivity contribution in [3.8, 4) is 0 Å². The van der Waals surface area contributed by atoms with Crippen LogP contribution in [0.4, 0.5) is 11.5 Å². The van der Waals surface area contributed by atoms with E-state index in [0.29, 0.717) is 24.5 Å². The number of carbonyl (C=O) groups excluding carboxylic acids is 2. The van der Waals surface area contributed by atoms with Crippen LogP contribution in [0.2, 0.25) is 0 Å². The molecule has 0 aliphatic carbocycles. The number of hydrogen-bond donors (Lipinski definition) is 2. The van der Waals surface area contributed by atoms with Gasteiger partial charge < -0.3 is 19.7 Å². The Morgan fingerprint density at radius 1 is 1.07 bits per heavy atom. The highest BCUT2D eigenvalue weighted by molar-refractivity contribution is 6.07. The number of para-hydroxylation sites is 1. The maximum absolute atomic E-state index is 13.0. The molecule has 1 aromatic carbocycles. The van der Waals surface area contributed by atoms with Crippen LogP contribution in [0.1, 0.15) is 56.5 Å². The summed E-state index contributed by atoms with van der Waals surface area (Å²) in [7, 11) is 0. The van der Waals surface area contributed by atoms with E-state index in [0.717, 1.165) is 35.3 Å². The third kappa shape index (κ3) is 3.65. The highest BCUT2D eigenvalue weighted by atomic mass is 16.5. The van der Waals surface area contributed by atoms with Gasteiger partial charge in [-0.1, -0.05) is 23.4 Å². The maximum atomic E-state index is 13.0. The van der Waals surface area contributed by atoms with Gasteiger partial charge in [0.2, 0.25) is 0 Å². The molecule has 2 aromatic heterocycles. The first kappa shape index (κ1) is 18.9. The van der Waals surface area contributed by atoms with Crippen LogP contribution in [0.15, 0.2) is 28.8 Å². The van der Waals surface area contributed by atoms with Gasteiger partial charge in [-0.25, -0.2) is 4.98 Å². The molecule has 1 aliphatic heterocycles. The zero-order chi connectivity index (χ0) is 20.5. The second kappa shape index (κ2) is 7.54. The van der Waals surface area contributed by atoms with Crippen LogP contribution < -0.4 is 10.6 Å². The minimum atomic E-state index is -0.393. The smallest absolute Gasteiger partial charge is 0.291 e. The monoisotopic (exact) mass is 393 g/mol. The van der Waals surface area contributed by atoms with E-state index in [2.05, 4.69) is 20.8 Å². The Balaban J connectivity index is 1.65. The number of nitrogens with zero attached hydrogens (tertiary/aromatic N) is 3. The molecule has 4 rings (SSSR count). The number of aromatic nitrogens is 3. The van der Waals surface area contributed by atoms with Crippen molar-refractivity contribution in [3.63, 3.8) is 0 Å². The van der Waals surface area contributed by atoms with Crippen molar-refractivity contribution in [3.05, 3.63) is 58.4 Å². The number of hydrogen-bond acceptors (Lipinski definition) is 5. The Hall–Kier alpha value is -3.42. The van der Waals surface area contributed by atoms with Crippen molar-refractivity contribution in [2.45, 2.75) is 46.6 Å². The van der Waals surface area contributed by atoms with Gasteiger partial charge in [-0.05, 0) is 51.2 Å². The number of carbonyl (C=O) groups is 2. The summed E-state index contributed by atoms with van der Waals surface area (Å²) in [6.45, 7) is 6.30. The summed E-state index contributed by atoms with van der Waals surface area (Å²) in [5.74, 6) is 0.466. The molecule has 8 heteroatoms. The first-order valence-electron chi connectivity index (χ1n) is 9.65. The molecule has 2 N–H and O–H groups in total.